The van der Waals surface area contributed by atoms with Crippen LogP contribution in [0.4, 0.5) is 0 Å². The molecule has 1 aliphatic heterocycles. The molecule has 2 amide bonds. The summed E-state index contributed by atoms with van der Waals surface area (Å²) in [6.45, 7) is 4.87. The Balaban J connectivity index is 1.45. The number of carbonyl (C=O) groups excluding carboxylic acids is 2. The quantitative estimate of drug-likeness (QED) is 0.495. The van der Waals surface area contributed by atoms with Crippen LogP contribution in [-0.4, -0.2) is 42.4 Å². The average molecular weight is 466 g/mol. The van der Waals surface area contributed by atoms with Gasteiger partial charge in [-0.25, -0.2) is 0 Å². The Morgan fingerprint density at radius 3 is 2.55 bits per heavy atom. The third kappa shape index (κ3) is 6.33. The summed E-state index contributed by atoms with van der Waals surface area (Å²) in [5.74, 6) is 0.355. The van der Waals surface area contributed by atoms with Crippen LogP contribution in [0.25, 0.3) is 0 Å². The number of nitrogens with one attached hydrogen (secondary N) is 2. The Hall–Kier alpha value is -2.90. The van der Waals surface area contributed by atoms with Gasteiger partial charge in [-0.1, -0.05) is 43.3 Å². The lowest BCUT2D eigenvalue weighted by molar-refractivity contribution is -0.123. The zero-order valence-electron chi connectivity index (χ0n) is 18.9. The van der Waals surface area contributed by atoms with Gasteiger partial charge in [0.1, 0.15) is 6.04 Å². The summed E-state index contributed by atoms with van der Waals surface area (Å²) < 4.78 is 5.21. The standard InChI is InChI=1S/C26H31N3O3S/c1-19-11-13-29(14-12-19)22(24-10-6-16-33-24)18-27-25(30)21(17-20-7-3-2-4-8-20)28-26(31)23-9-5-15-32-23/h2-10,15-16,19,21-22H,11-14,17-18H2,1H3,(H,27,30)(H,28,31). The third-order valence-corrected chi connectivity index (χ3v) is 7.22. The lowest BCUT2D eigenvalue weighted by Crippen LogP contribution is -2.50. The van der Waals surface area contributed by atoms with Gasteiger partial charge in [0.15, 0.2) is 5.76 Å². The van der Waals surface area contributed by atoms with Gasteiger partial charge in [0, 0.05) is 17.8 Å². The van der Waals surface area contributed by atoms with Crippen molar-refractivity contribution in [1.82, 2.24) is 15.5 Å². The molecule has 1 aliphatic rings. The van der Waals surface area contributed by atoms with Crippen molar-refractivity contribution in [2.24, 2.45) is 5.92 Å². The summed E-state index contributed by atoms with van der Waals surface area (Å²) in [6, 6.07) is 16.6. The van der Waals surface area contributed by atoms with Crippen LogP contribution in [0, 0.1) is 5.92 Å². The van der Waals surface area contributed by atoms with E-state index in [0.717, 1.165) is 24.6 Å². The molecule has 1 aromatic carbocycles. The van der Waals surface area contributed by atoms with Crippen molar-refractivity contribution in [2.75, 3.05) is 19.6 Å². The highest BCUT2D eigenvalue weighted by Crippen LogP contribution is 2.29. The Labute approximate surface area is 199 Å². The minimum absolute atomic E-state index is 0.139. The summed E-state index contributed by atoms with van der Waals surface area (Å²) in [4.78, 5) is 29.6. The van der Waals surface area contributed by atoms with Crippen molar-refractivity contribution < 1.29 is 14.0 Å². The maximum absolute atomic E-state index is 13.3. The van der Waals surface area contributed by atoms with Gasteiger partial charge in [0.05, 0.1) is 12.3 Å². The molecule has 2 atom stereocenters. The Morgan fingerprint density at radius 2 is 1.88 bits per heavy atom. The smallest absolute Gasteiger partial charge is 0.287 e. The summed E-state index contributed by atoms with van der Waals surface area (Å²) in [5.41, 5.74) is 0.984. The van der Waals surface area contributed by atoms with E-state index >= 15 is 0 Å². The molecule has 0 saturated carbocycles. The van der Waals surface area contributed by atoms with Crippen LogP contribution in [0.3, 0.4) is 0 Å². The van der Waals surface area contributed by atoms with Crippen LogP contribution in [0.2, 0.25) is 0 Å². The third-order valence-electron chi connectivity index (χ3n) is 6.25. The number of amides is 2. The van der Waals surface area contributed by atoms with E-state index < -0.39 is 11.9 Å². The zero-order chi connectivity index (χ0) is 23.0. The summed E-state index contributed by atoms with van der Waals surface area (Å²) >= 11 is 1.72. The van der Waals surface area contributed by atoms with Gasteiger partial charge >= 0.3 is 0 Å². The lowest BCUT2D eigenvalue weighted by atomic mass is 9.97. The fourth-order valence-electron chi connectivity index (χ4n) is 4.25. The molecule has 0 radical (unpaired) electrons. The van der Waals surface area contributed by atoms with Crippen molar-refractivity contribution in [3.8, 4) is 0 Å². The highest BCUT2D eigenvalue weighted by molar-refractivity contribution is 7.10. The van der Waals surface area contributed by atoms with Gasteiger partial charge in [-0.05, 0) is 61.0 Å². The second kappa shape index (κ2) is 11.3. The van der Waals surface area contributed by atoms with Crippen molar-refractivity contribution >= 4 is 23.2 Å². The molecule has 0 aliphatic carbocycles. The molecular weight excluding hydrogens is 434 g/mol. The van der Waals surface area contributed by atoms with Gasteiger partial charge < -0.3 is 15.1 Å². The largest absolute Gasteiger partial charge is 0.459 e. The second-order valence-electron chi connectivity index (χ2n) is 8.69. The van der Waals surface area contributed by atoms with Crippen molar-refractivity contribution in [3.05, 3.63) is 82.4 Å². The molecular formula is C26H31N3O3S. The van der Waals surface area contributed by atoms with Crippen molar-refractivity contribution in [3.63, 3.8) is 0 Å². The molecule has 4 rings (SSSR count). The van der Waals surface area contributed by atoms with Crippen LogP contribution in [0.5, 0.6) is 0 Å². The van der Waals surface area contributed by atoms with E-state index in [1.165, 1.54) is 24.0 Å². The first-order valence-electron chi connectivity index (χ1n) is 11.5. The van der Waals surface area contributed by atoms with E-state index in [0.29, 0.717) is 13.0 Å². The van der Waals surface area contributed by atoms with Gasteiger partial charge in [-0.3, -0.25) is 14.5 Å². The Morgan fingerprint density at radius 1 is 1.09 bits per heavy atom. The number of likely N-dealkylation sites (tertiary alicyclic amines) is 1. The lowest BCUT2D eigenvalue weighted by Gasteiger charge is -2.36. The fraction of sp³-hybridized carbons (Fsp3) is 0.385. The number of furan rings is 1. The van der Waals surface area contributed by atoms with E-state index in [4.69, 9.17) is 4.42 Å². The molecule has 6 nitrogen and oxygen atoms in total. The average Bonchev–Trinajstić information content (AvgIpc) is 3.55. The molecule has 7 heteroatoms. The molecule has 1 fully saturated rings. The molecule has 174 valence electrons. The Bertz CT molecular complexity index is 997. The van der Waals surface area contributed by atoms with Crippen molar-refractivity contribution in [1.29, 1.82) is 0 Å². The van der Waals surface area contributed by atoms with Gasteiger partial charge in [-0.2, -0.15) is 0 Å². The fourth-order valence-corrected chi connectivity index (χ4v) is 5.11. The minimum Gasteiger partial charge on any atom is -0.459 e. The SMILES string of the molecule is CC1CCN(C(CNC(=O)C(Cc2ccccc2)NC(=O)c2ccco2)c2cccs2)CC1. The normalized spacial score (nSPS) is 16.8. The second-order valence-corrected chi connectivity index (χ2v) is 9.67. The number of piperidine rings is 1. The van der Waals surface area contributed by atoms with Gasteiger partial charge in [-0.15, -0.1) is 11.3 Å². The first kappa shape index (κ1) is 23.3. The molecule has 2 aromatic heterocycles. The predicted octanol–water partition coefficient (Wildman–Crippen LogP) is 4.27. The highest BCUT2D eigenvalue weighted by atomic mass is 32.1. The predicted molar refractivity (Wildman–Crippen MR) is 130 cm³/mol. The van der Waals surface area contributed by atoms with Crippen LogP contribution in [-0.2, 0) is 11.2 Å². The molecule has 2 unspecified atom stereocenters. The highest BCUT2D eigenvalue weighted by Gasteiger charge is 2.28. The summed E-state index contributed by atoms with van der Waals surface area (Å²) in [7, 11) is 0. The maximum atomic E-state index is 13.3. The maximum Gasteiger partial charge on any atom is 0.287 e. The zero-order valence-corrected chi connectivity index (χ0v) is 19.7. The number of rotatable bonds is 9. The molecule has 33 heavy (non-hydrogen) atoms. The number of carbonyl (C=O) groups is 2. The summed E-state index contributed by atoms with van der Waals surface area (Å²) in [6.07, 6.45) is 4.20. The van der Waals surface area contributed by atoms with Crippen LogP contribution < -0.4 is 10.6 Å². The van der Waals surface area contributed by atoms with Gasteiger partial charge in [0.25, 0.3) is 5.91 Å². The molecule has 3 heterocycles. The number of thiophene rings is 1. The first-order chi connectivity index (χ1) is 16.1. The number of hydrogen-bond acceptors (Lipinski definition) is 5. The topological polar surface area (TPSA) is 74.6 Å². The summed E-state index contributed by atoms with van der Waals surface area (Å²) in [5, 5.41) is 8.07. The van der Waals surface area contributed by atoms with E-state index in [2.05, 4.69) is 40.0 Å². The van der Waals surface area contributed by atoms with E-state index in [-0.39, 0.29) is 17.7 Å². The van der Waals surface area contributed by atoms with Crippen LogP contribution >= 0.6 is 11.3 Å². The molecule has 0 bridgehead atoms. The van der Waals surface area contributed by atoms with Crippen molar-refractivity contribution in [2.45, 2.75) is 38.3 Å². The van der Waals surface area contributed by atoms with Crippen LogP contribution in [0.1, 0.15) is 46.8 Å². The minimum atomic E-state index is -0.699. The molecule has 0 spiro atoms. The first-order valence-corrected chi connectivity index (χ1v) is 12.4. The number of benzene rings is 1. The monoisotopic (exact) mass is 465 g/mol. The van der Waals surface area contributed by atoms with Gasteiger partial charge in [0.2, 0.25) is 5.91 Å². The molecule has 2 N–H and O–H groups in total. The molecule has 3 aromatic rings. The van der Waals surface area contributed by atoms with E-state index in [1.807, 2.05) is 30.3 Å². The molecule has 1 saturated heterocycles. The van der Waals surface area contributed by atoms with Crippen LogP contribution in [0.15, 0.2) is 70.7 Å². The number of nitrogens with zero attached hydrogens (tertiary/aromatic N) is 1. The number of hydrogen-bond donors (Lipinski definition) is 2. The van der Waals surface area contributed by atoms with E-state index in [9.17, 15) is 9.59 Å². The van der Waals surface area contributed by atoms with E-state index in [1.54, 1.807) is 23.5 Å². The Kier molecular flexibility index (Phi) is 7.96.